The zero-order valence-corrected chi connectivity index (χ0v) is 16.3. The van der Waals surface area contributed by atoms with Crippen molar-refractivity contribution in [2.24, 2.45) is 5.92 Å². The predicted molar refractivity (Wildman–Crippen MR) is 99.2 cm³/mol. The Morgan fingerprint density at radius 1 is 1.50 bits per heavy atom. The number of carbonyl (C=O) groups is 2. The number of rotatable bonds is 4. The van der Waals surface area contributed by atoms with Crippen LogP contribution in [-0.2, 0) is 17.6 Å². The van der Waals surface area contributed by atoms with E-state index in [1.807, 2.05) is 0 Å². The summed E-state index contributed by atoms with van der Waals surface area (Å²) in [4.78, 5) is 27.6. The molecule has 0 spiro atoms. The van der Waals surface area contributed by atoms with Crippen LogP contribution in [0.3, 0.4) is 0 Å². The second-order valence-electron chi connectivity index (χ2n) is 6.76. The first-order valence-electron chi connectivity index (χ1n) is 8.72. The van der Waals surface area contributed by atoms with E-state index in [0.717, 1.165) is 17.7 Å². The van der Waals surface area contributed by atoms with Gasteiger partial charge in [0.1, 0.15) is 0 Å². The maximum absolute atomic E-state index is 12.4. The molecule has 1 aliphatic heterocycles. The summed E-state index contributed by atoms with van der Waals surface area (Å²) >= 11 is 2.90. The molecule has 1 aliphatic carbocycles. The second-order valence-corrected chi connectivity index (χ2v) is 9.19. The summed E-state index contributed by atoms with van der Waals surface area (Å²) in [6.45, 7) is 4.92. The summed E-state index contributed by atoms with van der Waals surface area (Å²) in [5, 5.41) is 10.7. The maximum atomic E-state index is 12.4. The number of carbonyl (C=O) groups excluding carboxylic acids is 2. The molecule has 3 amide bonds. The molecule has 3 heterocycles. The van der Waals surface area contributed by atoms with Crippen LogP contribution in [0.15, 0.2) is 15.7 Å². The molecule has 2 aliphatic rings. The highest BCUT2D eigenvalue weighted by Gasteiger charge is 2.31. The number of nitrogens with zero attached hydrogens (tertiary/aromatic N) is 3. The third kappa shape index (κ3) is 3.37. The van der Waals surface area contributed by atoms with Gasteiger partial charge in [-0.15, -0.1) is 21.5 Å². The summed E-state index contributed by atoms with van der Waals surface area (Å²) in [7, 11) is 0. The average Bonchev–Trinajstić information content (AvgIpc) is 3.32. The van der Waals surface area contributed by atoms with E-state index in [2.05, 4.69) is 28.5 Å². The number of nitrogens with one attached hydrogen (secondary N) is 1. The number of hydrogen-bond acceptors (Lipinski definition) is 7. The van der Waals surface area contributed by atoms with Crippen molar-refractivity contribution in [3.05, 3.63) is 16.5 Å². The van der Waals surface area contributed by atoms with Gasteiger partial charge in [0.15, 0.2) is 0 Å². The highest BCUT2D eigenvalue weighted by Crippen LogP contribution is 2.37. The standard InChI is InChI=1S/C17H20N4O3S2/c1-9-3-4-12-11(7-9)8-13(26-12)14-19-20-17(24-14)25-10(2)15(22)21-6-5-18-16(21)23/h8-10H,3-7H2,1-2H3,(H,18,23)/t9-,10+/m1/s1. The third-order valence-electron chi connectivity index (χ3n) is 4.69. The number of hydrogen-bond donors (Lipinski definition) is 1. The Morgan fingerprint density at radius 2 is 2.35 bits per heavy atom. The maximum Gasteiger partial charge on any atom is 0.324 e. The monoisotopic (exact) mass is 392 g/mol. The van der Waals surface area contributed by atoms with E-state index in [1.165, 1.54) is 33.5 Å². The lowest BCUT2D eigenvalue weighted by molar-refractivity contribution is -0.126. The van der Waals surface area contributed by atoms with Crippen LogP contribution < -0.4 is 5.32 Å². The number of aryl methyl sites for hydroxylation is 1. The minimum atomic E-state index is -0.468. The molecule has 0 saturated carbocycles. The van der Waals surface area contributed by atoms with Gasteiger partial charge in [-0.25, -0.2) is 4.79 Å². The molecule has 0 radical (unpaired) electrons. The van der Waals surface area contributed by atoms with Crippen molar-refractivity contribution in [2.75, 3.05) is 13.1 Å². The van der Waals surface area contributed by atoms with Gasteiger partial charge in [0.05, 0.1) is 10.1 Å². The van der Waals surface area contributed by atoms with Crippen LogP contribution >= 0.6 is 23.1 Å². The molecule has 0 unspecified atom stereocenters. The van der Waals surface area contributed by atoms with Crippen molar-refractivity contribution in [1.82, 2.24) is 20.4 Å². The summed E-state index contributed by atoms with van der Waals surface area (Å²) in [5.74, 6) is 0.969. The topological polar surface area (TPSA) is 88.3 Å². The fourth-order valence-corrected chi connectivity index (χ4v) is 5.15. The lowest BCUT2D eigenvalue weighted by atomic mass is 9.90. The minimum Gasteiger partial charge on any atom is -0.410 e. The number of aromatic nitrogens is 2. The number of thiophene rings is 1. The van der Waals surface area contributed by atoms with Gasteiger partial charge in [-0.3, -0.25) is 9.69 Å². The first-order valence-corrected chi connectivity index (χ1v) is 10.4. The zero-order chi connectivity index (χ0) is 18.3. The molecule has 2 aromatic heterocycles. The van der Waals surface area contributed by atoms with Crippen molar-refractivity contribution in [2.45, 2.75) is 43.6 Å². The number of amides is 3. The van der Waals surface area contributed by atoms with Crippen molar-refractivity contribution < 1.29 is 14.0 Å². The van der Waals surface area contributed by atoms with Crippen LogP contribution in [0.25, 0.3) is 10.8 Å². The summed E-state index contributed by atoms with van der Waals surface area (Å²) in [6.07, 6.45) is 3.44. The Hall–Kier alpha value is -1.87. The van der Waals surface area contributed by atoms with E-state index < -0.39 is 5.25 Å². The first kappa shape index (κ1) is 17.5. The van der Waals surface area contributed by atoms with E-state index >= 15 is 0 Å². The molecular formula is C17H20N4O3S2. The molecule has 0 bridgehead atoms. The van der Waals surface area contributed by atoms with Gasteiger partial charge in [-0.2, -0.15) is 0 Å². The number of fused-ring (bicyclic) bond motifs is 1. The summed E-state index contributed by atoms with van der Waals surface area (Å²) < 4.78 is 5.76. The average molecular weight is 393 g/mol. The molecule has 138 valence electrons. The van der Waals surface area contributed by atoms with Gasteiger partial charge in [-0.05, 0) is 43.7 Å². The molecule has 2 aromatic rings. The Balaban J connectivity index is 1.45. The Kier molecular flexibility index (Phi) is 4.74. The van der Waals surface area contributed by atoms with Gasteiger partial charge in [0.25, 0.3) is 11.1 Å². The summed E-state index contributed by atoms with van der Waals surface area (Å²) in [6, 6.07) is 1.81. The molecule has 9 heteroatoms. The number of urea groups is 1. The van der Waals surface area contributed by atoms with Gasteiger partial charge in [0.2, 0.25) is 5.91 Å². The van der Waals surface area contributed by atoms with Crippen molar-refractivity contribution in [1.29, 1.82) is 0 Å². The molecule has 2 atom stereocenters. The van der Waals surface area contributed by atoms with E-state index in [9.17, 15) is 9.59 Å². The normalized spacial score (nSPS) is 20.8. The van der Waals surface area contributed by atoms with E-state index in [0.29, 0.717) is 30.1 Å². The second kappa shape index (κ2) is 7.03. The molecule has 26 heavy (non-hydrogen) atoms. The van der Waals surface area contributed by atoms with Gasteiger partial charge < -0.3 is 9.73 Å². The van der Waals surface area contributed by atoms with Crippen molar-refractivity contribution in [3.8, 4) is 10.8 Å². The molecule has 4 rings (SSSR count). The SMILES string of the molecule is C[C@@H]1CCc2sc(-c3nnc(S[C@@H](C)C(=O)N4CCNC4=O)o3)cc2C1. The molecular weight excluding hydrogens is 372 g/mol. The molecule has 1 saturated heterocycles. The van der Waals surface area contributed by atoms with E-state index in [-0.39, 0.29) is 11.9 Å². The van der Waals surface area contributed by atoms with Gasteiger partial charge in [0, 0.05) is 18.0 Å². The largest absolute Gasteiger partial charge is 0.410 e. The Morgan fingerprint density at radius 3 is 3.12 bits per heavy atom. The van der Waals surface area contributed by atoms with Gasteiger partial charge in [-0.1, -0.05) is 18.7 Å². The van der Waals surface area contributed by atoms with E-state index in [4.69, 9.17) is 4.42 Å². The molecule has 0 aromatic carbocycles. The summed E-state index contributed by atoms with van der Waals surface area (Å²) in [5.41, 5.74) is 1.39. The van der Waals surface area contributed by atoms with Crippen LogP contribution in [0.1, 0.15) is 30.7 Å². The van der Waals surface area contributed by atoms with Crippen molar-refractivity contribution in [3.63, 3.8) is 0 Å². The zero-order valence-electron chi connectivity index (χ0n) is 14.7. The van der Waals surface area contributed by atoms with Crippen LogP contribution in [0.2, 0.25) is 0 Å². The highest BCUT2D eigenvalue weighted by molar-refractivity contribution is 8.00. The van der Waals surface area contributed by atoms with E-state index in [1.54, 1.807) is 18.3 Å². The van der Waals surface area contributed by atoms with Crippen LogP contribution in [0.5, 0.6) is 0 Å². The Bertz CT molecular complexity index is 847. The minimum absolute atomic E-state index is 0.245. The molecule has 1 N–H and O–H groups in total. The van der Waals surface area contributed by atoms with Gasteiger partial charge >= 0.3 is 6.03 Å². The quantitative estimate of drug-likeness (QED) is 0.805. The fourth-order valence-electron chi connectivity index (χ4n) is 3.27. The number of thioether (sulfide) groups is 1. The van der Waals surface area contributed by atoms with Crippen molar-refractivity contribution >= 4 is 35.0 Å². The first-order chi connectivity index (χ1) is 12.5. The number of imide groups is 1. The smallest absolute Gasteiger partial charge is 0.324 e. The lowest BCUT2D eigenvalue weighted by Crippen LogP contribution is -2.38. The lowest BCUT2D eigenvalue weighted by Gasteiger charge is -2.16. The van der Waals surface area contributed by atoms with Crippen LogP contribution in [0.4, 0.5) is 4.79 Å². The highest BCUT2D eigenvalue weighted by atomic mass is 32.2. The fraction of sp³-hybridized carbons (Fsp3) is 0.529. The molecule has 1 fully saturated rings. The predicted octanol–water partition coefficient (Wildman–Crippen LogP) is 2.96. The van der Waals surface area contributed by atoms with Crippen LogP contribution in [0, 0.1) is 5.92 Å². The van der Waals surface area contributed by atoms with Crippen LogP contribution in [-0.4, -0.2) is 45.4 Å². The Labute approximate surface area is 159 Å². The third-order valence-corrected chi connectivity index (χ3v) is 6.84. The molecule has 7 nitrogen and oxygen atoms in total.